The number of hydrogen-bond donors (Lipinski definition) is 2. The van der Waals surface area contributed by atoms with Gasteiger partial charge in [-0.2, -0.15) is 5.10 Å². The number of amides is 2. The maximum absolute atomic E-state index is 10.4. The highest BCUT2D eigenvalue weighted by molar-refractivity contribution is 5.73. The van der Waals surface area contributed by atoms with E-state index in [0.29, 0.717) is 17.8 Å². The Morgan fingerprint density at radius 2 is 2.36 bits per heavy atom. The molecule has 0 aromatic heterocycles. The van der Waals surface area contributed by atoms with Gasteiger partial charge < -0.3 is 5.73 Å². The van der Waals surface area contributed by atoms with Crippen LogP contribution in [-0.4, -0.2) is 12.2 Å². The van der Waals surface area contributed by atoms with Crippen molar-refractivity contribution in [2.45, 2.75) is 19.3 Å². The van der Waals surface area contributed by atoms with Crippen LogP contribution in [0.15, 0.2) is 17.3 Å². The highest BCUT2D eigenvalue weighted by Gasteiger charge is 2.30. The lowest BCUT2D eigenvalue weighted by atomic mass is 9.70. The zero-order valence-corrected chi connectivity index (χ0v) is 8.02. The summed E-state index contributed by atoms with van der Waals surface area (Å²) in [5.74, 6) is 1.80. The summed E-state index contributed by atoms with van der Waals surface area (Å²) in [5, 5.41) is 3.83. The zero-order valence-electron chi connectivity index (χ0n) is 8.02. The summed E-state index contributed by atoms with van der Waals surface area (Å²) in [5.41, 5.74) is 7.14. The number of nitrogens with one attached hydrogen (secondary N) is 1. The minimum atomic E-state index is -0.599. The molecular formula is C10H15N3O. The number of allylic oxidation sites excluding steroid dienone is 2. The summed E-state index contributed by atoms with van der Waals surface area (Å²) >= 11 is 0. The van der Waals surface area contributed by atoms with Crippen LogP contribution in [0.25, 0.3) is 0 Å². The van der Waals surface area contributed by atoms with Crippen LogP contribution < -0.4 is 11.2 Å². The van der Waals surface area contributed by atoms with Crippen molar-refractivity contribution in [3.8, 4) is 0 Å². The normalized spacial score (nSPS) is 35.0. The Morgan fingerprint density at radius 1 is 1.50 bits per heavy atom. The molecule has 1 saturated carbocycles. The second-order valence-electron chi connectivity index (χ2n) is 4.04. The molecule has 3 N–H and O–H groups in total. The fourth-order valence-corrected chi connectivity index (χ4v) is 2.34. The predicted octanol–water partition coefficient (Wildman–Crippen LogP) is 1.24. The number of fused-ring (bicyclic) bond motifs is 2. The molecular weight excluding hydrogens is 178 g/mol. The van der Waals surface area contributed by atoms with E-state index in [9.17, 15) is 4.79 Å². The number of primary amides is 1. The number of hydrazone groups is 1. The highest BCUT2D eigenvalue weighted by atomic mass is 16.2. The van der Waals surface area contributed by atoms with Crippen molar-refractivity contribution in [3.05, 3.63) is 12.2 Å². The Labute approximate surface area is 83.2 Å². The van der Waals surface area contributed by atoms with E-state index >= 15 is 0 Å². The van der Waals surface area contributed by atoms with Gasteiger partial charge in [0.05, 0.1) is 0 Å². The molecule has 3 atom stereocenters. The Kier molecular flexibility index (Phi) is 2.52. The first-order valence-electron chi connectivity index (χ1n) is 5.02. The monoisotopic (exact) mass is 193 g/mol. The minimum Gasteiger partial charge on any atom is -0.350 e. The zero-order chi connectivity index (χ0) is 9.97. The van der Waals surface area contributed by atoms with Crippen molar-refractivity contribution >= 4 is 12.2 Å². The molecule has 0 spiro atoms. The fraction of sp³-hybridized carbons (Fsp3) is 0.600. The molecule has 0 heterocycles. The van der Waals surface area contributed by atoms with Crippen LogP contribution in [0.4, 0.5) is 4.79 Å². The van der Waals surface area contributed by atoms with Gasteiger partial charge >= 0.3 is 6.03 Å². The van der Waals surface area contributed by atoms with E-state index in [1.807, 2.05) is 6.21 Å². The lowest BCUT2D eigenvalue weighted by Crippen LogP contribution is -2.30. The summed E-state index contributed by atoms with van der Waals surface area (Å²) in [6.07, 6.45) is 10.1. The van der Waals surface area contributed by atoms with Crippen molar-refractivity contribution in [2.75, 3.05) is 0 Å². The number of urea groups is 1. The van der Waals surface area contributed by atoms with E-state index in [0.717, 1.165) is 6.42 Å². The van der Waals surface area contributed by atoms with E-state index in [1.165, 1.54) is 12.8 Å². The Balaban J connectivity index is 1.91. The molecule has 3 aliphatic carbocycles. The average molecular weight is 193 g/mol. The van der Waals surface area contributed by atoms with Crippen LogP contribution in [0.2, 0.25) is 0 Å². The van der Waals surface area contributed by atoms with E-state index in [2.05, 4.69) is 22.7 Å². The standard InChI is InChI=1S/C10H15N3O/c11-10(14)13-12-6-9-5-7-1-3-8(9)4-2-7/h1,3,6-9H,2,4-5H2,(H3,11,13,14)/b12-6+. The van der Waals surface area contributed by atoms with E-state index in [1.54, 1.807) is 0 Å². The van der Waals surface area contributed by atoms with Gasteiger partial charge in [0.15, 0.2) is 0 Å². The van der Waals surface area contributed by atoms with E-state index in [-0.39, 0.29) is 0 Å². The van der Waals surface area contributed by atoms with Crippen LogP contribution in [0.3, 0.4) is 0 Å². The number of nitrogens with two attached hydrogens (primary N) is 1. The summed E-state index contributed by atoms with van der Waals surface area (Å²) < 4.78 is 0. The molecule has 0 aliphatic heterocycles. The molecule has 0 radical (unpaired) electrons. The molecule has 14 heavy (non-hydrogen) atoms. The molecule has 3 aliphatic rings. The molecule has 4 nitrogen and oxygen atoms in total. The van der Waals surface area contributed by atoms with Crippen LogP contribution in [0.5, 0.6) is 0 Å². The van der Waals surface area contributed by atoms with Gasteiger partial charge in [-0.25, -0.2) is 10.2 Å². The maximum atomic E-state index is 10.4. The van der Waals surface area contributed by atoms with Gasteiger partial charge in [-0.05, 0) is 31.1 Å². The molecule has 3 rings (SSSR count). The third kappa shape index (κ3) is 1.95. The number of carbonyl (C=O) groups excluding carboxylic acids is 1. The van der Waals surface area contributed by atoms with Crippen molar-refractivity contribution in [2.24, 2.45) is 28.6 Å². The van der Waals surface area contributed by atoms with E-state index in [4.69, 9.17) is 5.73 Å². The lowest BCUT2D eigenvalue weighted by molar-refractivity contribution is 0.249. The smallest absolute Gasteiger partial charge is 0.332 e. The van der Waals surface area contributed by atoms with Gasteiger partial charge in [0.2, 0.25) is 0 Å². The first-order valence-corrected chi connectivity index (χ1v) is 5.02. The molecule has 76 valence electrons. The quantitative estimate of drug-likeness (QED) is 0.387. The minimum absolute atomic E-state index is 0.477. The molecule has 1 fully saturated rings. The number of carbonyl (C=O) groups is 1. The van der Waals surface area contributed by atoms with Gasteiger partial charge in [0.1, 0.15) is 0 Å². The molecule has 2 bridgehead atoms. The molecule has 0 saturated heterocycles. The van der Waals surface area contributed by atoms with Crippen LogP contribution in [0, 0.1) is 17.8 Å². The Morgan fingerprint density at radius 3 is 2.86 bits per heavy atom. The highest BCUT2D eigenvalue weighted by Crippen LogP contribution is 2.39. The molecule has 4 heteroatoms. The largest absolute Gasteiger partial charge is 0.350 e. The van der Waals surface area contributed by atoms with Gasteiger partial charge in [0.25, 0.3) is 0 Å². The second-order valence-corrected chi connectivity index (χ2v) is 4.04. The topological polar surface area (TPSA) is 67.5 Å². The molecule has 0 aromatic carbocycles. The summed E-state index contributed by atoms with van der Waals surface area (Å²) in [6, 6.07) is -0.599. The van der Waals surface area contributed by atoms with Gasteiger partial charge in [-0.1, -0.05) is 12.2 Å². The number of nitrogens with zero attached hydrogens (tertiary/aromatic N) is 1. The number of hydrogen-bond acceptors (Lipinski definition) is 2. The van der Waals surface area contributed by atoms with Crippen molar-refractivity contribution in [1.82, 2.24) is 5.43 Å². The van der Waals surface area contributed by atoms with Crippen LogP contribution >= 0.6 is 0 Å². The van der Waals surface area contributed by atoms with Gasteiger partial charge in [-0.15, -0.1) is 0 Å². The summed E-state index contributed by atoms with van der Waals surface area (Å²) in [4.78, 5) is 10.4. The van der Waals surface area contributed by atoms with Crippen LogP contribution in [0.1, 0.15) is 19.3 Å². The second kappa shape index (κ2) is 3.82. The SMILES string of the molecule is NC(=O)N/N=C/C1CC2C=CC1CC2. The fourth-order valence-electron chi connectivity index (χ4n) is 2.34. The predicted molar refractivity (Wildman–Crippen MR) is 54.7 cm³/mol. The van der Waals surface area contributed by atoms with Crippen molar-refractivity contribution < 1.29 is 4.79 Å². The first kappa shape index (κ1) is 9.24. The summed E-state index contributed by atoms with van der Waals surface area (Å²) in [7, 11) is 0. The number of rotatable bonds is 2. The van der Waals surface area contributed by atoms with Gasteiger partial charge in [-0.3, -0.25) is 0 Å². The maximum Gasteiger partial charge on any atom is 0.332 e. The van der Waals surface area contributed by atoms with E-state index < -0.39 is 6.03 Å². The molecule has 3 unspecified atom stereocenters. The van der Waals surface area contributed by atoms with Crippen molar-refractivity contribution in [3.63, 3.8) is 0 Å². The first-order chi connectivity index (χ1) is 6.75. The lowest BCUT2D eigenvalue weighted by Gasteiger charge is -2.35. The van der Waals surface area contributed by atoms with Gasteiger partial charge in [0, 0.05) is 12.1 Å². The molecule has 2 amide bonds. The summed E-state index contributed by atoms with van der Waals surface area (Å²) in [6.45, 7) is 0. The average Bonchev–Trinajstić information content (AvgIpc) is 2.19. The Hall–Kier alpha value is -1.32. The Bertz CT molecular complexity index is 285. The van der Waals surface area contributed by atoms with Crippen molar-refractivity contribution in [1.29, 1.82) is 0 Å². The third-order valence-corrected chi connectivity index (χ3v) is 3.07. The molecule has 0 aromatic rings. The van der Waals surface area contributed by atoms with Crippen LogP contribution in [-0.2, 0) is 0 Å². The third-order valence-electron chi connectivity index (χ3n) is 3.07.